The van der Waals surface area contributed by atoms with E-state index in [2.05, 4.69) is 52.4 Å². The first-order chi connectivity index (χ1) is 10.2. The number of hydrogen-bond acceptors (Lipinski definition) is 1. The van der Waals surface area contributed by atoms with E-state index in [9.17, 15) is 0 Å². The van der Waals surface area contributed by atoms with Crippen molar-refractivity contribution in [3.8, 4) is 0 Å². The molecular weight excluding hydrogens is 322 g/mol. The number of nitrogens with one attached hydrogen (secondary N) is 1. The van der Waals surface area contributed by atoms with E-state index >= 15 is 0 Å². The summed E-state index contributed by atoms with van der Waals surface area (Å²) < 4.78 is 1.21. The van der Waals surface area contributed by atoms with Gasteiger partial charge in [-0.15, -0.1) is 0 Å². The molecule has 0 saturated heterocycles. The lowest BCUT2D eigenvalue weighted by atomic mass is 9.75. The highest BCUT2D eigenvalue weighted by Crippen LogP contribution is 2.38. The fraction of sp³-hybridized carbons (Fsp3) is 0.684. The van der Waals surface area contributed by atoms with Gasteiger partial charge in [0.15, 0.2) is 0 Å². The van der Waals surface area contributed by atoms with Crippen LogP contribution >= 0.6 is 15.9 Å². The Hall–Kier alpha value is -0.340. The molecule has 1 N–H and O–H groups in total. The lowest BCUT2D eigenvalue weighted by Gasteiger charge is -2.37. The number of hydrogen-bond donors (Lipinski definition) is 1. The molecule has 0 radical (unpaired) electrons. The summed E-state index contributed by atoms with van der Waals surface area (Å²) in [7, 11) is 0. The highest BCUT2D eigenvalue weighted by Gasteiger charge is 2.30. The molecule has 0 amide bonds. The second kappa shape index (κ2) is 7.28. The minimum Gasteiger partial charge on any atom is -0.314 e. The summed E-state index contributed by atoms with van der Waals surface area (Å²) in [4.78, 5) is 0. The standard InChI is InChI=1S/C19H28BrN/c1-14-4-2-5-15(10-14)8-9-21-19-12-17(13-19)16-6-3-7-18(20)11-16/h3,6-7,11,14-15,17,19,21H,2,4-5,8-10,12-13H2,1H3. The van der Waals surface area contributed by atoms with Crippen LogP contribution in [-0.4, -0.2) is 12.6 Å². The van der Waals surface area contributed by atoms with Crippen molar-refractivity contribution < 1.29 is 0 Å². The summed E-state index contributed by atoms with van der Waals surface area (Å²) in [6, 6.07) is 9.59. The molecule has 0 bridgehead atoms. The summed E-state index contributed by atoms with van der Waals surface area (Å²) in [5.41, 5.74) is 1.50. The van der Waals surface area contributed by atoms with Crippen molar-refractivity contribution in [2.45, 2.75) is 63.8 Å². The topological polar surface area (TPSA) is 12.0 Å². The molecule has 0 aliphatic heterocycles. The molecule has 0 aromatic heterocycles. The monoisotopic (exact) mass is 349 g/mol. The van der Waals surface area contributed by atoms with Crippen LogP contribution in [0.5, 0.6) is 0 Å². The van der Waals surface area contributed by atoms with E-state index in [1.807, 2.05) is 0 Å². The van der Waals surface area contributed by atoms with E-state index in [1.54, 1.807) is 0 Å². The Kier molecular flexibility index (Phi) is 5.39. The Bertz CT molecular complexity index is 453. The van der Waals surface area contributed by atoms with E-state index in [0.717, 1.165) is 23.8 Å². The molecule has 21 heavy (non-hydrogen) atoms. The first-order valence-electron chi connectivity index (χ1n) is 8.69. The molecule has 0 spiro atoms. The average Bonchev–Trinajstić information content (AvgIpc) is 2.41. The minimum absolute atomic E-state index is 0.759. The quantitative estimate of drug-likeness (QED) is 0.739. The van der Waals surface area contributed by atoms with Gasteiger partial charge in [0.25, 0.3) is 0 Å². The lowest BCUT2D eigenvalue weighted by Crippen LogP contribution is -2.41. The van der Waals surface area contributed by atoms with Crippen molar-refractivity contribution in [2.75, 3.05) is 6.54 Å². The van der Waals surface area contributed by atoms with Gasteiger partial charge >= 0.3 is 0 Å². The zero-order valence-corrected chi connectivity index (χ0v) is 14.7. The molecule has 0 heterocycles. The Labute approximate surface area is 138 Å². The molecule has 2 atom stereocenters. The Morgan fingerprint density at radius 3 is 2.81 bits per heavy atom. The smallest absolute Gasteiger partial charge is 0.0178 e. The third-order valence-corrected chi connectivity index (χ3v) is 5.98. The molecule has 3 rings (SSSR count). The van der Waals surface area contributed by atoms with Crippen LogP contribution in [-0.2, 0) is 0 Å². The fourth-order valence-electron chi connectivity index (χ4n) is 4.13. The molecule has 116 valence electrons. The molecule has 2 fully saturated rings. The van der Waals surface area contributed by atoms with Crippen molar-refractivity contribution in [2.24, 2.45) is 11.8 Å². The summed E-state index contributed by atoms with van der Waals surface area (Å²) >= 11 is 3.57. The number of rotatable bonds is 5. The van der Waals surface area contributed by atoms with Crippen LogP contribution in [0, 0.1) is 11.8 Å². The van der Waals surface area contributed by atoms with Crippen LogP contribution in [0.4, 0.5) is 0 Å². The van der Waals surface area contributed by atoms with E-state index in [-0.39, 0.29) is 0 Å². The molecule has 2 unspecified atom stereocenters. The largest absolute Gasteiger partial charge is 0.314 e. The van der Waals surface area contributed by atoms with Crippen LogP contribution in [0.15, 0.2) is 28.7 Å². The van der Waals surface area contributed by atoms with Gasteiger partial charge in [0.1, 0.15) is 0 Å². The first-order valence-corrected chi connectivity index (χ1v) is 9.49. The molecular formula is C19H28BrN. The van der Waals surface area contributed by atoms with Crippen molar-refractivity contribution in [3.63, 3.8) is 0 Å². The third kappa shape index (κ3) is 4.32. The van der Waals surface area contributed by atoms with Gasteiger partial charge in [-0.1, -0.05) is 54.2 Å². The maximum absolute atomic E-state index is 3.78. The zero-order chi connectivity index (χ0) is 14.7. The molecule has 1 aromatic rings. The van der Waals surface area contributed by atoms with Crippen LogP contribution in [0.2, 0.25) is 0 Å². The summed E-state index contributed by atoms with van der Waals surface area (Å²) in [6.07, 6.45) is 9.88. The SMILES string of the molecule is CC1CCCC(CCNC2CC(c3cccc(Br)c3)C2)C1. The number of halogens is 1. The summed E-state index contributed by atoms with van der Waals surface area (Å²) in [5, 5.41) is 3.78. The zero-order valence-electron chi connectivity index (χ0n) is 13.2. The van der Waals surface area contributed by atoms with E-state index in [0.29, 0.717) is 0 Å². The molecule has 1 aromatic carbocycles. The van der Waals surface area contributed by atoms with Gasteiger partial charge in [0.05, 0.1) is 0 Å². The lowest BCUT2D eigenvalue weighted by molar-refractivity contribution is 0.246. The number of benzene rings is 1. The maximum atomic E-state index is 3.78. The molecule has 2 aliphatic rings. The predicted molar refractivity (Wildman–Crippen MR) is 93.6 cm³/mol. The minimum atomic E-state index is 0.759. The Balaban J connectivity index is 1.34. The summed E-state index contributed by atoms with van der Waals surface area (Å²) in [6.45, 7) is 3.65. The third-order valence-electron chi connectivity index (χ3n) is 5.49. The van der Waals surface area contributed by atoms with E-state index < -0.39 is 0 Å². The maximum Gasteiger partial charge on any atom is 0.0178 e. The summed E-state index contributed by atoms with van der Waals surface area (Å²) in [5.74, 6) is 2.73. The van der Waals surface area contributed by atoms with E-state index in [1.165, 1.54) is 61.5 Å². The second-order valence-corrected chi connectivity index (χ2v) is 8.22. The van der Waals surface area contributed by atoms with Gasteiger partial charge in [0.2, 0.25) is 0 Å². The Morgan fingerprint density at radius 2 is 2.05 bits per heavy atom. The molecule has 2 aliphatic carbocycles. The molecule has 1 nitrogen and oxygen atoms in total. The van der Waals surface area contributed by atoms with Crippen LogP contribution in [0.1, 0.15) is 63.4 Å². The normalized spacial score (nSPS) is 32.7. The van der Waals surface area contributed by atoms with E-state index in [4.69, 9.17) is 0 Å². The highest BCUT2D eigenvalue weighted by atomic mass is 79.9. The van der Waals surface area contributed by atoms with Crippen LogP contribution in [0.3, 0.4) is 0 Å². The highest BCUT2D eigenvalue weighted by molar-refractivity contribution is 9.10. The van der Waals surface area contributed by atoms with Gasteiger partial charge in [-0.25, -0.2) is 0 Å². The average molecular weight is 350 g/mol. The second-order valence-electron chi connectivity index (χ2n) is 7.30. The van der Waals surface area contributed by atoms with Crippen molar-refractivity contribution >= 4 is 15.9 Å². The van der Waals surface area contributed by atoms with Crippen LogP contribution < -0.4 is 5.32 Å². The fourth-order valence-corrected chi connectivity index (χ4v) is 4.55. The van der Waals surface area contributed by atoms with Gasteiger partial charge in [0, 0.05) is 10.5 Å². The van der Waals surface area contributed by atoms with Crippen molar-refractivity contribution in [1.82, 2.24) is 5.32 Å². The molecule has 2 heteroatoms. The van der Waals surface area contributed by atoms with Gasteiger partial charge in [-0.3, -0.25) is 0 Å². The molecule has 2 saturated carbocycles. The Morgan fingerprint density at radius 1 is 1.19 bits per heavy atom. The van der Waals surface area contributed by atoms with Crippen molar-refractivity contribution in [3.05, 3.63) is 34.3 Å². The first kappa shape index (κ1) is 15.6. The van der Waals surface area contributed by atoms with Gasteiger partial charge < -0.3 is 5.32 Å². The van der Waals surface area contributed by atoms with Gasteiger partial charge in [-0.05, 0) is 67.7 Å². The van der Waals surface area contributed by atoms with Crippen molar-refractivity contribution in [1.29, 1.82) is 0 Å². The van der Waals surface area contributed by atoms with Crippen LogP contribution in [0.25, 0.3) is 0 Å². The van der Waals surface area contributed by atoms with Gasteiger partial charge in [-0.2, -0.15) is 0 Å². The predicted octanol–water partition coefficient (Wildman–Crippen LogP) is 5.50.